The second kappa shape index (κ2) is 9.79. The molecule has 0 saturated heterocycles. The number of aryl methyl sites for hydroxylation is 2. The average molecular weight is 461 g/mol. The zero-order valence-corrected chi connectivity index (χ0v) is 19.4. The Labute approximate surface area is 198 Å². The van der Waals surface area contributed by atoms with Gasteiger partial charge in [-0.3, -0.25) is 15.0 Å². The number of ether oxygens (including phenoxy) is 1. The third-order valence-corrected chi connectivity index (χ3v) is 7.21. The molecular weight excluding hydrogens is 432 g/mol. The van der Waals surface area contributed by atoms with E-state index in [2.05, 4.69) is 11.4 Å². The molecule has 3 aromatic rings. The number of rotatable bonds is 4. The summed E-state index contributed by atoms with van der Waals surface area (Å²) in [7, 11) is 0. The molecule has 2 heterocycles. The highest BCUT2D eigenvalue weighted by molar-refractivity contribution is 7.08. The number of thiophene rings is 1. The lowest BCUT2D eigenvalue weighted by Crippen LogP contribution is -2.28. The lowest BCUT2D eigenvalue weighted by molar-refractivity contribution is -0.117. The maximum atomic E-state index is 13.6. The Balaban J connectivity index is 1.43. The number of para-hydroxylation sites is 1. The highest BCUT2D eigenvalue weighted by atomic mass is 32.1. The number of hydrogen-bond acceptors (Lipinski definition) is 4. The van der Waals surface area contributed by atoms with Gasteiger partial charge in [0.25, 0.3) is 0 Å². The van der Waals surface area contributed by atoms with Crippen molar-refractivity contribution < 1.29 is 14.3 Å². The van der Waals surface area contributed by atoms with E-state index in [0.29, 0.717) is 12.1 Å². The minimum absolute atomic E-state index is 0.00450. The van der Waals surface area contributed by atoms with Crippen LogP contribution in [0.4, 0.5) is 21.9 Å². The van der Waals surface area contributed by atoms with Gasteiger partial charge in [-0.25, -0.2) is 4.79 Å². The molecule has 6 heteroatoms. The highest BCUT2D eigenvalue weighted by Crippen LogP contribution is 2.38. The molecular formula is C27H28N2O3S. The predicted molar refractivity (Wildman–Crippen MR) is 132 cm³/mol. The van der Waals surface area contributed by atoms with E-state index in [-0.39, 0.29) is 12.0 Å². The number of anilines is 3. The van der Waals surface area contributed by atoms with Crippen LogP contribution in [-0.4, -0.2) is 18.1 Å². The molecule has 1 aromatic heterocycles. The van der Waals surface area contributed by atoms with E-state index >= 15 is 0 Å². The van der Waals surface area contributed by atoms with Crippen molar-refractivity contribution >= 4 is 40.4 Å². The molecule has 1 saturated carbocycles. The summed E-state index contributed by atoms with van der Waals surface area (Å²) in [5, 5.41) is 6.90. The number of fused-ring (bicyclic) bond motifs is 2. The molecule has 170 valence electrons. The first-order valence-corrected chi connectivity index (χ1v) is 12.6. The fourth-order valence-corrected chi connectivity index (χ4v) is 5.47. The molecule has 1 aliphatic heterocycles. The van der Waals surface area contributed by atoms with E-state index in [1.54, 1.807) is 11.3 Å². The number of nitrogens with zero attached hydrogens (tertiary/aromatic N) is 1. The maximum Gasteiger partial charge on any atom is 0.411 e. The molecule has 2 amide bonds. The van der Waals surface area contributed by atoms with E-state index in [4.69, 9.17) is 4.74 Å². The lowest BCUT2D eigenvalue weighted by atomic mass is 9.98. The molecule has 5 rings (SSSR count). The molecule has 0 radical (unpaired) electrons. The SMILES string of the molecule is O=C(Nc1ccc2c(c1)N(C(=O)Cc1ccsc1)c1ccccc1CC2)OC1CCCCC1. The predicted octanol–water partition coefficient (Wildman–Crippen LogP) is 6.64. The maximum absolute atomic E-state index is 13.6. The summed E-state index contributed by atoms with van der Waals surface area (Å²) >= 11 is 1.59. The Morgan fingerprint density at radius 2 is 1.76 bits per heavy atom. The number of hydrogen-bond donors (Lipinski definition) is 1. The minimum atomic E-state index is -0.424. The molecule has 2 aliphatic rings. The Kier molecular flexibility index (Phi) is 6.44. The van der Waals surface area contributed by atoms with Gasteiger partial charge >= 0.3 is 6.09 Å². The normalized spacial score (nSPS) is 15.8. The van der Waals surface area contributed by atoms with E-state index in [1.165, 1.54) is 6.42 Å². The molecule has 0 atom stereocenters. The van der Waals surface area contributed by atoms with Crippen LogP contribution in [0.15, 0.2) is 59.3 Å². The smallest absolute Gasteiger partial charge is 0.411 e. The van der Waals surface area contributed by atoms with E-state index in [1.807, 2.05) is 58.1 Å². The highest BCUT2D eigenvalue weighted by Gasteiger charge is 2.27. The lowest BCUT2D eigenvalue weighted by Gasteiger charge is -2.26. The second-order valence-electron chi connectivity index (χ2n) is 8.80. The van der Waals surface area contributed by atoms with Crippen LogP contribution < -0.4 is 10.2 Å². The number of carbonyl (C=O) groups excluding carboxylic acids is 2. The zero-order chi connectivity index (χ0) is 22.6. The zero-order valence-electron chi connectivity index (χ0n) is 18.6. The third-order valence-electron chi connectivity index (χ3n) is 6.48. The molecule has 5 nitrogen and oxygen atoms in total. The summed E-state index contributed by atoms with van der Waals surface area (Å²) in [5.41, 5.74) is 5.64. The summed E-state index contributed by atoms with van der Waals surface area (Å²) in [6.07, 6.45) is 6.89. The molecule has 1 aliphatic carbocycles. The standard InChI is InChI=1S/C27H28N2O3S/c30-26(16-19-14-15-33-18-19)29-24-9-5-4-6-20(24)10-11-21-12-13-22(17-25(21)29)28-27(31)32-23-7-2-1-3-8-23/h4-6,9,12-15,17-18,23H,1-3,7-8,10-11,16H2,(H,28,31). The number of nitrogens with one attached hydrogen (secondary N) is 1. The minimum Gasteiger partial charge on any atom is -0.446 e. The van der Waals surface area contributed by atoms with Crippen LogP contribution >= 0.6 is 11.3 Å². The van der Waals surface area contributed by atoms with Crippen molar-refractivity contribution in [2.75, 3.05) is 10.2 Å². The van der Waals surface area contributed by atoms with Gasteiger partial charge in [0, 0.05) is 5.69 Å². The molecule has 1 N–H and O–H groups in total. The van der Waals surface area contributed by atoms with Gasteiger partial charge < -0.3 is 4.74 Å². The molecule has 1 fully saturated rings. The Morgan fingerprint density at radius 3 is 2.55 bits per heavy atom. The fourth-order valence-electron chi connectivity index (χ4n) is 4.80. The van der Waals surface area contributed by atoms with Gasteiger partial charge in [-0.15, -0.1) is 0 Å². The van der Waals surface area contributed by atoms with Crippen molar-refractivity contribution in [3.8, 4) is 0 Å². The second-order valence-corrected chi connectivity index (χ2v) is 9.58. The average Bonchev–Trinajstić information content (AvgIpc) is 3.27. The van der Waals surface area contributed by atoms with Crippen molar-refractivity contribution in [1.82, 2.24) is 0 Å². The van der Waals surface area contributed by atoms with Gasteiger partial charge in [-0.05, 0) is 90.2 Å². The summed E-state index contributed by atoms with van der Waals surface area (Å²) in [4.78, 5) is 27.9. The van der Waals surface area contributed by atoms with E-state index in [0.717, 1.165) is 66.6 Å². The first kappa shape index (κ1) is 21.7. The Morgan fingerprint density at radius 1 is 0.970 bits per heavy atom. The number of carbonyl (C=O) groups is 2. The van der Waals surface area contributed by atoms with Crippen LogP contribution in [0.2, 0.25) is 0 Å². The summed E-state index contributed by atoms with van der Waals surface area (Å²) in [5.74, 6) is 0.0194. The summed E-state index contributed by atoms with van der Waals surface area (Å²) in [6, 6.07) is 15.9. The first-order valence-electron chi connectivity index (χ1n) is 11.7. The van der Waals surface area contributed by atoms with Crippen LogP contribution in [0.1, 0.15) is 48.8 Å². The molecule has 0 spiro atoms. The van der Waals surface area contributed by atoms with Crippen LogP contribution in [0.25, 0.3) is 0 Å². The van der Waals surface area contributed by atoms with Crippen molar-refractivity contribution in [3.63, 3.8) is 0 Å². The van der Waals surface area contributed by atoms with Gasteiger partial charge in [-0.1, -0.05) is 30.7 Å². The van der Waals surface area contributed by atoms with Gasteiger partial charge in [0.05, 0.1) is 17.8 Å². The van der Waals surface area contributed by atoms with Crippen molar-refractivity contribution in [3.05, 3.63) is 76.0 Å². The molecule has 33 heavy (non-hydrogen) atoms. The monoisotopic (exact) mass is 460 g/mol. The molecule has 0 bridgehead atoms. The van der Waals surface area contributed by atoms with Crippen LogP contribution in [0.5, 0.6) is 0 Å². The Hall–Kier alpha value is -3.12. The number of amides is 2. The largest absolute Gasteiger partial charge is 0.446 e. The van der Waals surface area contributed by atoms with Crippen LogP contribution in [0.3, 0.4) is 0 Å². The molecule has 0 unspecified atom stereocenters. The fraction of sp³-hybridized carbons (Fsp3) is 0.333. The third kappa shape index (κ3) is 4.96. The van der Waals surface area contributed by atoms with Crippen molar-refractivity contribution in [1.29, 1.82) is 0 Å². The van der Waals surface area contributed by atoms with Crippen LogP contribution in [0, 0.1) is 0 Å². The summed E-state index contributed by atoms with van der Waals surface area (Å²) < 4.78 is 5.64. The Bertz CT molecular complexity index is 1140. The first-order chi connectivity index (χ1) is 16.2. The topological polar surface area (TPSA) is 58.6 Å². The van der Waals surface area contributed by atoms with Crippen molar-refractivity contribution in [2.45, 2.75) is 57.5 Å². The van der Waals surface area contributed by atoms with Gasteiger partial charge in [0.1, 0.15) is 6.10 Å². The van der Waals surface area contributed by atoms with Crippen LogP contribution in [-0.2, 0) is 28.8 Å². The van der Waals surface area contributed by atoms with Gasteiger partial charge in [0.15, 0.2) is 0 Å². The molecule has 2 aromatic carbocycles. The van der Waals surface area contributed by atoms with E-state index in [9.17, 15) is 9.59 Å². The van der Waals surface area contributed by atoms with Crippen molar-refractivity contribution in [2.24, 2.45) is 0 Å². The quantitative estimate of drug-likeness (QED) is 0.475. The van der Waals surface area contributed by atoms with Gasteiger partial charge in [0.2, 0.25) is 5.91 Å². The number of benzene rings is 2. The van der Waals surface area contributed by atoms with Gasteiger partial charge in [-0.2, -0.15) is 11.3 Å². The van der Waals surface area contributed by atoms with E-state index < -0.39 is 6.09 Å². The summed E-state index contributed by atoms with van der Waals surface area (Å²) in [6.45, 7) is 0.